The van der Waals surface area contributed by atoms with Crippen molar-refractivity contribution in [2.75, 3.05) is 38.5 Å². The van der Waals surface area contributed by atoms with Crippen molar-refractivity contribution in [3.63, 3.8) is 0 Å². The van der Waals surface area contributed by atoms with Gasteiger partial charge in [0.15, 0.2) is 6.10 Å². The van der Waals surface area contributed by atoms with Gasteiger partial charge in [-0.1, -0.05) is 66.5 Å². The van der Waals surface area contributed by atoms with E-state index in [0.29, 0.717) is 73.7 Å². The number of nitrogens with zero attached hydrogens (tertiary/aromatic N) is 4. The molecule has 4 rings (SSSR count). The molecule has 84 heavy (non-hydrogen) atoms. The number of hydrogen-bond donors (Lipinski definition) is 6. The molecule has 1 aromatic heterocycles. The molecule has 2 aromatic rings. The van der Waals surface area contributed by atoms with Gasteiger partial charge in [-0.15, -0.1) is 11.3 Å². The normalized spacial score (nSPS) is 17.9. The first kappa shape index (κ1) is 69.7. The number of hydrogen-bond acceptors (Lipinski definition) is 15. The second-order valence-electron chi connectivity index (χ2n) is 23.9. The Labute approximate surface area is 499 Å². The number of nitrogens with one attached hydrogen (secondary N) is 5. The number of carboxylic acid groups (broad SMARTS) is 1. The number of rotatable bonds is 33. The number of amides is 8. The molecule has 0 radical (unpaired) electrons. The molecule has 2 aliphatic heterocycles. The Bertz CT molecular complexity index is 2580. The summed E-state index contributed by atoms with van der Waals surface area (Å²) in [6.45, 7) is 21.6. The SMILES string of the molecule is CC[C@H](C)[C@H](NC(=O)[C@H]1C[C@H](C)CCN1C)C(=O)N(CC)[C@H](C[C@@H](OC(C)=O)c1nc(C(=O)N[C@@H](Cc2ccc(NC(=O)[C@H](CCCCNC(=O)OC(C)(C)C)NC(=O)CCCCCN3C(=O)C=CC3=O)cc2)C[C@H](C)C(=O)O)cs1)C(C)C. The fourth-order valence-corrected chi connectivity index (χ4v) is 11.1. The van der Waals surface area contributed by atoms with E-state index < -0.39 is 71.6 Å². The molecule has 22 nitrogen and oxygen atoms in total. The number of esters is 1. The molecule has 0 unspecified atom stereocenters. The Morgan fingerprint density at radius 3 is 2.18 bits per heavy atom. The van der Waals surface area contributed by atoms with E-state index in [1.807, 2.05) is 46.6 Å². The lowest BCUT2D eigenvalue weighted by Gasteiger charge is -2.40. The molecule has 0 saturated carbocycles. The smallest absolute Gasteiger partial charge is 0.407 e. The summed E-state index contributed by atoms with van der Waals surface area (Å²) < 4.78 is 11.2. The molecule has 1 saturated heterocycles. The van der Waals surface area contributed by atoms with Crippen LogP contribution in [-0.2, 0) is 54.3 Å². The summed E-state index contributed by atoms with van der Waals surface area (Å²) in [6, 6.07) is 3.57. The minimum Gasteiger partial charge on any atom is -0.481 e. The molecular formula is C61H93N9O13S. The highest BCUT2D eigenvalue weighted by atomic mass is 32.1. The Morgan fingerprint density at radius 1 is 0.893 bits per heavy atom. The Balaban J connectivity index is 1.46. The molecule has 466 valence electrons. The maximum absolute atomic E-state index is 14.7. The number of carbonyl (C=O) groups is 10. The molecule has 3 heterocycles. The number of carboxylic acids is 1. The first-order chi connectivity index (χ1) is 39.6. The van der Waals surface area contributed by atoms with Gasteiger partial charge in [0.2, 0.25) is 23.6 Å². The summed E-state index contributed by atoms with van der Waals surface area (Å²) >= 11 is 1.12. The highest BCUT2D eigenvalue weighted by molar-refractivity contribution is 7.09. The summed E-state index contributed by atoms with van der Waals surface area (Å²) in [7, 11) is 1.93. The number of thiazole rings is 1. The van der Waals surface area contributed by atoms with Crippen molar-refractivity contribution in [1.82, 2.24) is 41.0 Å². The highest BCUT2D eigenvalue weighted by Crippen LogP contribution is 2.32. The number of benzene rings is 1. The minimum atomic E-state index is -1.05. The summed E-state index contributed by atoms with van der Waals surface area (Å²) in [4.78, 5) is 140. The molecule has 23 heteroatoms. The van der Waals surface area contributed by atoms with Gasteiger partial charge in [0.1, 0.15) is 28.4 Å². The van der Waals surface area contributed by atoms with E-state index in [0.717, 1.165) is 29.2 Å². The number of anilines is 1. The third-order valence-corrected chi connectivity index (χ3v) is 16.3. The quantitative estimate of drug-likeness (QED) is 0.0232. The molecular weight excluding hydrogens is 1100 g/mol. The minimum absolute atomic E-state index is 0.0240. The van der Waals surface area contributed by atoms with Crippen molar-refractivity contribution >= 4 is 76.4 Å². The average molecular weight is 1190 g/mol. The van der Waals surface area contributed by atoms with Gasteiger partial charge in [-0.05, 0) is 135 Å². The largest absolute Gasteiger partial charge is 0.481 e. The van der Waals surface area contributed by atoms with Gasteiger partial charge in [0.05, 0.1) is 12.0 Å². The van der Waals surface area contributed by atoms with Crippen LogP contribution in [0.2, 0.25) is 0 Å². The van der Waals surface area contributed by atoms with Crippen LogP contribution in [0.3, 0.4) is 0 Å². The van der Waals surface area contributed by atoms with Crippen LogP contribution in [0.25, 0.3) is 0 Å². The van der Waals surface area contributed by atoms with Crippen LogP contribution in [0.4, 0.5) is 10.5 Å². The highest BCUT2D eigenvalue weighted by Gasteiger charge is 2.39. The van der Waals surface area contributed by atoms with E-state index in [1.54, 1.807) is 62.2 Å². The van der Waals surface area contributed by atoms with Crippen LogP contribution in [0.5, 0.6) is 0 Å². The van der Waals surface area contributed by atoms with Crippen molar-refractivity contribution in [3.8, 4) is 0 Å². The molecule has 8 amide bonds. The number of imide groups is 1. The predicted molar refractivity (Wildman–Crippen MR) is 319 cm³/mol. The van der Waals surface area contributed by atoms with Crippen LogP contribution >= 0.6 is 11.3 Å². The van der Waals surface area contributed by atoms with Crippen molar-refractivity contribution in [1.29, 1.82) is 0 Å². The predicted octanol–water partition coefficient (Wildman–Crippen LogP) is 7.33. The Kier molecular flexibility index (Phi) is 28.0. The van der Waals surface area contributed by atoms with Gasteiger partial charge in [0, 0.05) is 74.7 Å². The van der Waals surface area contributed by atoms with Crippen LogP contribution in [-0.4, -0.2) is 153 Å². The van der Waals surface area contributed by atoms with E-state index in [9.17, 15) is 53.1 Å². The Hall–Kier alpha value is -6.75. The average Bonchev–Trinajstić information content (AvgIpc) is 3.69. The summed E-state index contributed by atoms with van der Waals surface area (Å²) in [5.41, 5.74) is 0.479. The van der Waals surface area contributed by atoms with E-state index in [-0.39, 0.29) is 98.3 Å². The zero-order valence-electron chi connectivity index (χ0n) is 51.4. The van der Waals surface area contributed by atoms with Crippen molar-refractivity contribution in [3.05, 3.63) is 58.1 Å². The summed E-state index contributed by atoms with van der Waals surface area (Å²) in [5.74, 6) is -4.96. The lowest BCUT2D eigenvalue weighted by Crippen LogP contribution is -2.59. The van der Waals surface area contributed by atoms with Crippen LogP contribution < -0.4 is 26.6 Å². The van der Waals surface area contributed by atoms with E-state index in [2.05, 4.69) is 38.5 Å². The maximum atomic E-state index is 14.7. The topological polar surface area (TPSA) is 292 Å². The number of alkyl carbamates (subject to hydrolysis) is 1. The Morgan fingerprint density at radius 2 is 1.57 bits per heavy atom. The lowest BCUT2D eigenvalue weighted by atomic mass is 9.90. The number of likely N-dealkylation sites (tertiary alicyclic amines) is 1. The molecule has 6 N–H and O–H groups in total. The number of likely N-dealkylation sites (N-methyl/N-ethyl adjacent to an activating group) is 2. The van der Waals surface area contributed by atoms with Crippen LogP contribution in [0.15, 0.2) is 41.8 Å². The zero-order valence-corrected chi connectivity index (χ0v) is 52.2. The van der Waals surface area contributed by atoms with Crippen molar-refractivity contribution < 1.29 is 62.5 Å². The van der Waals surface area contributed by atoms with Crippen molar-refractivity contribution in [2.45, 2.75) is 202 Å². The number of carbonyl (C=O) groups excluding carboxylic acids is 9. The standard InChI is InChI=1S/C61H93N9O13S/c1-13-39(6)53(67-56(77)48-32-38(5)28-31-68(48)12)58(78)69(14-2)47(37(3)4)35-49(82-41(8)71)57-66-46(36-84-57)55(76)64-44(33-40(7)59(79)80)34-42-22-24-43(25-23-42)63-54(75)45(20-17-18-29-62-60(81)83-61(9,10)11)65-50(72)21-16-15-19-30-70-51(73)26-27-52(70)74/h22-27,36-40,44-45,47-49,53H,13-21,28-35H2,1-12H3,(H,62,81)(H,63,75)(H,64,76)(H,65,72)(H,67,77)(H,79,80)/t38-,39+,40+,44-,45+,47-,48-,49-,53+/m1/s1. The van der Waals surface area contributed by atoms with Gasteiger partial charge in [-0.25, -0.2) is 9.78 Å². The first-order valence-corrected chi connectivity index (χ1v) is 30.7. The molecule has 1 fully saturated rings. The first-order valence-electron chi connectivity index (χ1n) is 29.8. The molecule has 2 aliphatic rings. The molecule has 0 bridgehead atoms. The second kappa shape index (κ2) is 33.7. The van der Waals surface area contributed by atoms with Gasteiger partial charge >= 0.3 is 18.0 Å². The lowest BCUT2D eigenvalue weighted by molar-refractivity contribution is -0.150. The van der Waals surface area contributed by atoms with E-state index >= 15 is 0 Å². The maximum Gasteiger partial charge on any atom is 0.407 e. The molecule has 9 atom stereocenters. The van der Waals surface area contributed by atoms with Gasteiger partial charge < -0.3 is 46.1 Å². The third-order valence-electron chi connectivity index (χ3n) is 15.3. The number of aliphatic carboxylic acids is 1. The summed E-state index contributed by atoms with van der Waals surface area (Å²) in [5, 5.41) is 26.3. The molecule has 0 aliphatic carbocycles. The molecule has 0 spiro atoms. The van der Waals surface area contributed by atoms with E-state index in [4.69, 9.17) is 9.47 Å². The van der Waals surface area contributed by atoms with Crippen LogP contribution in [0, 0.1) is 23.7 Å². The monoisotopic (exact) mass is 1190 g/mol. The second-order valence-corrected chi connectivity index (χ2v) is 24.8. The van der Waals surface area contributed by atoms with E-state index in [1.165, 1.54) is 19.1 Å². The number of unbranched alkanes of at least 4 members (excludes halogenated alkanes) is 3. The van der Waals surface area contributed by atoms with Gasteiger partial charge in [0.25, 0.3) is 17.7 Å². The fraction of sp³-hybridized carbons (Fsp3) is 0.656. The third kappa shape index (κ3) is 22.7. The number of piperidine rings is 1. The van der Waals surface area contributed by atoms with Crippen LogP contribution in [0.1, 0.15) is 180 Å². The van der Waals surface area contributed by atoms with Crippen molar-refractivity contribution in [2.24, 2.45) is 23.7 Å². The zero-order chi connectivity index (χ0) is 62.4. The molecule has 1 aromatic carbocycles. The number of ether oxygens (including phenoxy) is 2. The van der Waals surface area contributed by atoms with Gasteiger partial charge in [-0.2, -0.15) is 0 Å². The summed E-state index contributed by atoms with van der Waals surface area (Å²) in [6.07, 6.45) is 6.56. The number of aromatic nitrogens is 1. The fourth-order valence-electron chi connectivity index (χ4n) is 10.3. The van der Waals surface area contributed by atoms with Gasteiger partial charge in [-0.3, -0.25) is 53.0 Å².